The number of carbonyl (C=O) groups is 1. The van der Waals surface area contributed by atoms with Crippen molar-refractivity contribution in [3.05, 3.63) is 18.0 Å². The van der Waals surface area contributed by atoms with Gasteiger partial charge >= 0.3 is 0 Å². The highest BCUT2D eigenvalue weighted by Crippen LogP contribution is 2.36. The lowest BCUT2D eigenvalue weighted by Gasteiger charge is -2.32. The molecule has 1 fully saturated rings. The van der Waals surface area contributed by atoms with E-state index in [-0.39, 0.29) is 23.3 Å². The Morgan fingerprint density at radius 3 is 2.73 bits per heavy atom. The summed E-state index contributed by atoms with van der Waals surface area (Å²) in [4.78, 5) is 14.9. The second-order valence-electron chi connectivity index (χ2n) is 7.23. The van der Waals surface area contributed by atoms with Gasteiger partial charge in [-0.3, -0.25) is 9.48 Å². The zero-order chi connectivity index (χ0) is 16.3. The molecule has 0 N–H and O–H groups in total. The molecule has 0 spiro atoms. The molecule has 5 nitrogen and oxygen atoms in total. The minimum absolute atomic E-state index is 0.0863. The average molecular weight is 307 g/mol. The van der Waals surface area contributed by atoms with Crippen LogP contribution in [0.5, 0.6) is 0 Å². The number of hydrogen-bond acceptors (Lipinski definition) is 3. The molecule has 0 aliphatic carbocycles. The zero-order valence-corrected chi connectivity index (χ0v) is 14.5. The van der Waals surface area contributed by atoms with E-state index in [0.717, 1.165) is 31.6 Å². The second-order valence-corrected chi connectivity index (χ2v) is 7.23. The van der Waals surface area contributed by atoms with E-state index in [0.29, 0.717) is 6.61 Å². The highest BCUT2D eigenvalue weighted by molar-refractivity contribution is 5.80. The van der Waals surface area contributed by atoms with E-state index in [4.69, 9.17) is 4.74 Å². The van der Waals surface area contributed by atoms with Gasteiger partial charge in [-0.1, -0.05) is 20.8 Å². The van der Waals surface area contributed by atoms with Crippen LogP contribution in [0.2, 0.25) is 0 Å². The summed E-state index contributed by atoms with van der Waals surface area (Å²) < 4.78 is 7.73. The van der Waals surface area contributed by atoms with Crippen molar-refractivity contribution < 1.29 is 9.53 Å². The molecule has 0 unspecified atom stereocenters. The van der Waals surface area contributed by atoms with E-state index in [9.17, 15) is 4.79 Å². The summed E-state index contributed by atoms with van der Waals surface area (Å²) in [6, 6.07) is 0. The molecule has 0 bridgehead atoms. The van der Waals surface area contributed by atoms with Crippen LogP contribution in [0.1, 0.15) is 52.7 Å². The summed E-state index contributed by atoms with van der Waals surface area (Å²) >= 11 is 0. The molecule has 2 atom stereocenters. The molecule has 124 valence electrons. The fourth-order valence-corrected chi connectivity index (χ4v) is 3.02. The number of carbonyl (C=O) groups excluding carboxylic acids is 1. The third kappa shape index (κ3) is 3.88. The molecule has 1 aliphatic heterocycles. The fourth-order valence-electron chi connectivity index (χ4n) is 3.02. The fraction of sp³-hybridized carbons (Fsp3) is 0.765. The number of amides is 1. The van der Waals surface area contributed by atoms with Crippen LogP contribution in [-0.4, -0.2) is 40.3 Å². The van der Waals surface area contributed by atoms with Crippen LogP contribution >= 0.6 is 0 Å². The van der Waals surface area contributed by atoms with Crippen LogP contribution < -0.4 is 0 Å². The minimum atomic E-state index is -0.151. The zero-order valence-electron chi connectivity index (χ0n) is 14.5. The summed E-state index contributed by atoms with van der Waals surface area (Å²) in [5.74, 6) is 0.126. The normalized spacial score (nSPS) is 22.0. The number of aryl methyl sites for hydroxylation is 1. The van der Waals surface area contributed by atoms with Crippen LogP contribution in [0.25, 0.3) is 0 Å². The van der Waals surface area contributed by atoms with Crippen molar-refractivity contribution in [3.8, 4) is 0 Å². The van der Waals surface area contributed by atoms with Crippen molar-refractivity contribution in [3.63, 3.8) is 0 Å². The van der Waals surface area contributed by atoms with Crippen molar-refractivity contribution >= 4 is 5.91 Å². The Morgan fingerprint density at radius 1 is 1.45 bits per heavy atom. The smallest absolute Gasteiger partial charge is 0.228 e. The molecule has 2 heterocycles. The van der Waals surface area contributed by atoms with Gasteiger partial charge in [0, 0.05) is 38.0 Å². The molecule has 2 rings (SSSR count). The Balaban J connectivity index is 2.13. The quantitative estimate of drug-likeness (QED) is 0.840. The van der Waals surface area contributed by atoms with Gasteiger partial charge in [0.15, 0.2) is 0 Å². The molecule has 1 aromatic rings. The van der Waals surface area contributed by atoms with Crippen LogP contribution in [0, 0.1) is 11.3 Å². The second kappa shape index (κ2) is 6.82. The molecule has 1 aromatic heterocycles. The molecule has 0 radical (unpaired) electrons. The van der Waals surface area contributed by atoms with Crippen LogP contribution in [-0.2, 0) is 16.1 Å². The van der Waals surface area contributed by atoms with E-state index in [1.807, 2.05) is 28.9 Å². The van der Waals surface area contributed by atoms with Gasteiger partial charge in [-0.2, -0.15) is 5.10 Å². The van der Waals surface area contributed by atoms with Gasteiger partial charge < -0.3 is 9.64 Å². The van der Waals surface area contributed by atoms with Gasteiger partial charge in [0.05, 0.1) is 18.2 Å². The maximum atomic E-state index is 12.9. The molecule has 0 aromatic carbocycles. The molecule has 0 saturated carbocycles. The largest absolute Gasteiger partial charge is 0.373 e. The molecular formula is C17H29N3O2. The Morgan fingerprint density at radius 2 is 2.18 bits per heavy atom. The van der Waals surface area contributed by atoms with Gasteiger partial charge in [0.25, 0.3) is 0 Å². The summed E-state index contributed by atoms with van der Waals surface area (Å²) in [6.45, 7) is 13.6. The first-order valence-electron chi connectivity index (χ1n) is 8.28. The van der Waals surface area contributed by atoms with Gasteiger partial charge in [-0.05, 0) is 25.7 Å². The van der Waals surface area contributed by atoms with Crippen molar-refractivity contribution in [2.24, 2.45) is 11.3 Å². The van der Waals surface area contributed by atoms with Crippen molar-refractivity contribution in [2.45, 2.75) is 53.7 Å². The first-order chi connectivity index (χ1) is 10.4. The van der Waals surface area contributed by atoms with Crippen molar-refractivity contribution in [1.82, 2.24) is 14.7 Å². The molecular weight excluding hydrogens is 278 g/mol. The highest BCUT2D eigenvalue weighted by Gasteiger charge is 2.38. The van der Waals surface area contributed by atoms with Gasteiger partial charge in [0.2, 0.25) is 5.91 Å². The Kier molecular flexibility index (Phi) is 5.27. The van der Waals surface area contributed by atoms with Crippen LogP contribution in [0.3, 0.4) is 0 Å². The maximum Gasteiger partial charge on any atom is 0.228 e. The lowest BCUT2D eigenvalue weighted by molar-refractivity contribution is -0.138. The summed E-state index contributed by atoms with van der Waals surface area (Å²) in [5, 5.41) is 4.31. The maximum absolute atomic E-state index is 12.9. The first kappa shape index (κ1) is 17.0. The SMILES string of the molecule is CCN(CC(C)(C)C)C(=O)[C@H]1CCO[C@@H]1c1cnn(CC)c1. The van der Waals surface area contributed by atoms with E-state index in [2.05, 4.69) is 32.8 Å². The molecule has 1 amide bonds. The monoisotopic (exact) mass is 307 g/mol. The van der Waals surface area contributed by atoms with Crippen molar-refractivity contribution in [2.75, 3.05) is 19.7 Å². The van der Waals surface area contributed by atoms with Crippen LogP contribution in [0.4, 0.5) is 0 Å². The molecule has 22 heavy (non-hydrogen) atoms. The number of hydrogen-bond donors (Lipinski definition) is 0. The highest BCUT2D eigenvalue weighted by atomic mass is 16.5. The van der Waals surface area contributed by atoms with Crippen molar-refractivity contribution in [1.29, 1.82) is 0 Å². The minimum Gasteiger partial charge on any atom is -0.373 e. The van der Waals surface area contributed by atoms with Crippen LogP contribution in [0.15, 0.2) is 12.4 Å². The topological polar surface area (TPSA) is 47.4 Å². The predicted molar refractivity (Wildman–Crippen MR) is 86.4 cm³/mol. The number of rotatable bonds is 5. The van der Waals surface area contributed by atoms with Gasteiger partial charge in [-0.25, -0.2) is 0 Å². The van der Waals surface area contributed by atoms with Gasteiger partial charge in [0.1, 0.15) is 0 Å². The number of aromatic nitrogens is 2. The number of nitrogens with zero attached hydrogens (tertiary/aromatic N) is 3. The standard InChI is InChI=1S/C17H29N3O2/c1-6-19(12-17(3,4)5)16(21)14-8-9-22-15(14)13-10-18-20(7-2)11-13/h10-11,14-15H,6-9,12H2,1-5H3/t14-,15+/m0/s1. The third-order valence-corrected chi connectivity index (χ3v) is 4.07. The summed E-state index contributed by atoms with van der Waals surface area (Å²) in [5.41, 5.74) is 1.12. The third-order valence-electron chi connectivity index (χ3n) is 4.07. The Bertz CT molecular complexity index is 504. The lowest BCUT2D eigenvalue weighted by Crippen LogP contribution is -2.41. The first-order valence-corrected chi connectivity index (χ1v) is 8.28. The van der Waals surface area contributed by atoms with E-state index in [1.54, 1.807) is 0 Å². The molecule has 1 saturated heterocycles. The lowest BCUT2D eigenvalue weighted by atomic mass is 9.92. The Hall–Kier alpha value is -1.36. The van der Waals surface area contributed by atoms with E-state index < -0.39 is 0 Å². The van der Waals surface area contributed by atoms with E-state index in [1.165, 1.54) is 0 Å². The molecule has 5 heteroatoms. The van der Waals surface area contributed by atoms with E-state index >= 15 is 0 Å². The molecule has 1 aliphatic rings. The van der Waals surface area contributed by atoms with Gasteiger partial charge in [-0.15, -0.1) is 0 Å². The average Bonchev–Trinajstić information content (AvgIpc) is 3.10. The summed E-state index contributed by atoms with van der Waals surface area (Å²) in [6.07, 6.45) is 4.47. The summed E-state index contributed by atoms with van der Waals surface area (Å²) in [7, 11) is 0. The number of ether oxygens (including phenoxy) is 1. The Labute approximate surface area is 133 Å². The predicted octanol–water partition coefficient (Wildman–Crippen LogP) is 2.88.